The van der Waals surface area contributed by atoms with Gasteiger partial charge < -0.3 is 14.7 Å². The highest BCUT2D eigenvalue weighted by molar-refractivity contribution is 7.99. The van der Waals surface area contributed by atoms with E-state index in [0.29, 0.717) is 30.0 Å². The van der Waals surface area contributed by atoms with Crippen LogP contribution < -0.4 is 14.5 Å². The lowest BCUT2D eigenvalue weighted by Gasteiger charge is -2.33. The fourth-order valence-corrected chi connectivity index (χ4v) is 6.46. The number of amides is 1. The van der Waals surface area contributed by atoms with Gasteiger partial charge in [-0.3, -0.25) is 9.69 Å². The molecule has 2 heterocycles. The Balaban J connectivity index is 1.58. The molecule has 2 fully saturated rings. The third-order valence-electron chi connectivity index (χ3n) is 6.64. The van der Waals surface area contributed by atoms with Gasteiger partial charge >= 0.3 is 6.18 Å². The minimum Gasteiger partial charge on any atom is -0.486 e. The minimum absolute atomic E-state index is 0.0124. The summed E-state index contributed by atoms with van der Waals surface area (Å²) in [6.45, 7) is -0.0958. The van der Waals surface area contributed by atoms with Gasteiger partial charge in [0.15, 0.2) is 5.11 Å². The number of ether oxygens (including phenoxy) is 1. The minimum atomic E-state index is -4.75. The number of fused-ring (bicyclic) bond motifs is 1. The number of benzene rings is 2. The second-order valence-electron chi connectivity index (χ2n) is 8.70. The summed E-state index contributed by atoms with van der Waals surface area (Å²) in [6, 6.07) is 10.2. The number of aliphatic hydroxyl groups is 1. The SMILES string of the molecule is N#Cc1ccc(N2C(=O)C3(CCCC3)N(c3ccc4c(c3)SC[C@@H](CO)O4)C2=S)cc1C(F)(F)F. The van der Waals surface area contributed by atoms with Crippen LogP contribution in [0, 0.1) is 11.3 Å². The van der Waals surface area contributed by atoms with E-state index in [1.807, 2.05) is 6.07 Å². The van der Waals surface area contributed by atoms with Crippen molar-refractivity contribution in [3.63, 3.8) is 0 Å². The third kappa shape index (κ3) is 3.84. The van der Waals surface area contributed by atoms with Gasteiger partial charge in [0.25, 0.3) is 5.91 Å². The Morgan fingerprint density at radius 1 is 1.20 bits per heavy atom. The predicted octanol–water partition coefficient (Wildman–Crippen LogP) is 4.87. The molecule has 1 saturated heterocycles. The lowest BCUT2D eigenvalue weighted by atomic mass is 9.94. The molecule has 182 valence electrons. The van der Waals surface area contributed by atoms with Gasteiger partial charge in [0.05, 0.1) is 34.4 Å². The summed E-state index contributed by atoms with van der Waals surface area (Å²) in [5.74, 6) is 0.832. The molecule has 0 bridgehead atoms. The van der Waals surface area contributed by atoms with Crippen LogP contribution in [0.1, 0.15) is 36.8 Å². The topological polar surface area (TPSA) is 76.8 Å². The molecule has 1 saturated carbocycles. The molecule has 1 amide bonds. The predicted molar refractivity (Wildman–Crippen MR) is 129 cm³/mol. The molecule has 2 aromatic rings. The second kappa shape index (κ2) is 8.69. The van der Waals surface area contributed by atoms with Crippen LogP contribution in [0.2, 0.25) is 0 Å². The first-order valence-corrected chi connectivity index (χ1v) is 12.4. The number of nitrogens with zero attached hydrogens (tertiary/aromatic N) is 3. The first-order chi connectivity index (χ1) is 16.7. The van der Waals surface area contributed by atoms with E-state index in [4.69, 9.17) is 22.2 Å². The van der Waals surface area contributed by atoms with E-state index in [1.54, 1.807) is 23.1 Å². The van der Waals surface area contributed by atoms with Gasteiger partial charge in [-0.25, -0.2) is 0 Å². The van der Waals surface area contributed by atoms with Crippen LogP contribution >= 0.6 is 24.0 Å². The van der Waals surface area contributed by atoms with Crippen LogP contribution in [0.15, 0.2) is 41.3 Å². The van der Waals surface area contributed by atoms with E-state index < -0.39 is 22.8 Å². The number of aliphatic hydroxyl groups excluding tert-OH is 1. The van der Waals surface area contributed by atoms with Crippen molar-refractivity contribution in [2.45, 2.75) is 48.4 Å². The number of halogens is 3. The fraction of sp³-hybridized carbons (Fsp3) is 0.375. The van der Waals surface area contributed by atoms with E-state index >= 15 is 0 Å². The van der Waals surface area contributed by atoms with E-state index in [-0.39, 0.29) is 29.4 Å². The molecule has 0 radical (unpaired) electrons. The maximum atomic E-state index is 13.8. The van der Waals surface area contributed by atoms with Gasteiger partial charge in [0.2, 0.25) is 0 Å². The first kappa shape index (κ1) is 23.9. The Kier molecular flexibility index (Phi) is 5.94. The van der Waals surface area contributed by atoms with Crippen molar-refractivity contribution in [2.24, 2.45) is 0 Å². The summed E-state index contributed by atoms with van der Waals surface area (Å²) in [5, 5.41) is 18.6. The van der Waals surface area contributed by atoms with Gasteiger partial charge in [-0.2, -0.15) is 18.4 Å². The lowest BCUT2D eigenvalue weighted by molar-refractivity contribution is -0.137. The molecule has 2 aliphatic heterocycles. The largest absolute Gasteiger partial charge is 0.486 e. The van der Waals surface area contributed by atoms with Gasteiger partial charge in [0.1, 0.15) is 17.4 Å². The third-order valence-corrected chi connectivity index (χ3v) is 8.17. The molecule has 3 aliphatic rings. The molecule has 6 nitrogen and oxygen atoms in total. The maximum Gasteiger partial charge on any atom is 0.417 e. The van der Waals surface area contributed by atoms with E-state index in [2.05, 4.69) is 0 Å². The number of thioether (sulfide) groups is 1. The second-order valence-corrected chi connectivity index (χ2v) is 10.1. The Morgan fingerprint density at radius 3 is 2.57 bits per heavy atom. The molecule has 1 spiro atoms. The molecule has 1 aliphatic carbocycles. The van der Waals surface area contributed by atoms with Gasteiger partial charge in [-0.1, -0.05) is 12.8 Å². The zero-order valence-corrected chi connectivity index (χ0v) is 20.0. The number of alkyl halides is 3. The number of carbonyl (C=O) groups excluding carboxylic acids is 1. The quantitative estimate of drug-likeness (QED) is 0.580. The number of thiocarbonyl (C=S) groups is 1. The van der Waals surface area contributed by atoms with E-state index in [9.17, 15) is 23.1 Å². The molecule has 35 heavy (non-hydrogen) atoms. The smallest absolute Gasteiger partial charge is 0.417 e. The molecule has 0 aromatic heterocycles. The number of anilines is 2. The number of nitriles is 1. The Bertz CT molecular complexity index is 1250. The Labute approximate surface area is 209 Å². The van der Waals surface area contributed by atoms with Crippen LogP contribution in [-0.2, 0) is 11.0 Å². The fourth-order valence-electron chi connectivity index (χ4n) is 4.99. The number of hydrogen-bond acceptors (Lipinski definition) is 6. The average Bonchev–Trinajstić information content (AvgIpc) is 3.41. The zero-order chi connectivity index (χ0) is 25.0. The van der Waals surface area contributed by atoms with Crippen LogP contribution in [-0.4, -0.2) is 40.1 Å². The highest BCUT2D eigenvalue weighted by atomic mass is 32.2. The van der Waals surface area contributed by atoms with Gasteiger partial charge in [-0.05, 0) is 61.5 Å². The molecule has 1 N–H and O–H groups in total. The molecule has 5 rings (SSSR count). The first-order valence-electron chi connectivity index (χ1n) is 11.0. The summed E-state index contributed by atoms with van der Waals surface area (Å²) >= 11 is 7.24. The maximum absolute atomic E-state index is 13.8. The summed E-state index contributed by atoms with van der Waals surface area (Å²) in [6.07, 6.45) is -2.42. The summed E-state index contributed by atoms with van der Waals surface area (Å²) in [7, 11) is 0. The number of hydrogen-bond donors (Lipinski definition) is 1. The summed E-state index contributed by atoms with van der Waals surface area (Å²) in [4.78, 5) is 17.6. The van der Waals surface area contributed by atoms with Crippen molar-refractivity contribution in [1.82, 2.24) is 0 Å². The molecule has 1 atom stereocenters. The highest BCUT2D eigenvalue weighted by Gasteiger charge is 2.57. The van der Waals surface area contributed by atoms with Crippen molar-refractivity contribution in [3.8, 4) is 11.8 Å². The summed E-state index contributed by atoms with van der Waals surface area (Å²) < 4.78 is 46.6. The van der Waals surface area contributed by atoms with E-state index in [1.165, 1.54) is 22.7 Å². The molecular formula is C24H20F3N3O3S2. The van der Waals surface area contributed by atoms with Gasteiger partial charge in [0, 0.05) is 11.4 Å². The summed E-state index contributed by atoms with van der Waals surface area (Å²) in [5.41, 5.74) is -1.95. The normalized spacial score (nSPS) is 21.3. The Morgan fingerprint density at radius 2 is 1.91 bits per heavy atom. The molecule has 11 heteroatoms. The van der Waals surface area contributed by atoms with Gasteiger partial charge in [-0.15, -0.1) is 11.8 Å². The molecule has 2 aromatic carbocycles. The average molecular weight is 520 g/mol. The van der Waals surface area contributed by atoms with Crippen molar-refractivity contribution >= 4 is 46.4 Å². The van der Waals surface area contributed by atoms with Crippen molar-refractivity contribution < 1.29 is 27.8 Å². The van der Waals surface area contributed by atoms with E-state index in [0.717, 1.165) is 29.9 Å². The lowest BCUT2D eigenvalue weighted by Crippen LogP contribution is -2.47. The number of rotatable bonds is 3. The Hall–Kier alpha value is -2.81. The van der Waals surface area contributed by atoms with Crippen LogP contribution in [0.5, 0.6) is 5.75 Å². The van der Waals surface area contributed by atoms with Crippen molar-refractivity contribution in [1.29, 1.82) is 5.26 Å². The molecule has 0 unspecified atom stereocenters. The van der Waals surface area contributed by atoms with Crippen molar-refractivity contribution in [3.05, 3.63) is 47.5 Å². The van der Waals surface area contributed by atoms with Crippen LogP contribution in [0.3, 0.4) is 0 Å². The van der Waals surface area contributed by atoms with Crippen LogP contribution in [0.4, 0.5) is 24.5 Å². The van der Waals surface area contributed by atoms with Crippen LogP contribution in [0.25, 0.3) is 0 Å². The standard InChI is InChI=1S/C24H20F3N3O3S2/c25-24(26,27)18-9-15(4-3-14(18)11-28)29-21(32)23(7-1-2-8-23)30(22(29)34)16-5-6-19-20(10-16)35-13-17(12-31)33-19/h3-6,9-10,17,31H,1-2,7-8,12-13H2/t17-/m1/s1. The highest BCUT2D eigenvalue weighted by Crippen LogP contribution is 2.48. The number of carbonyl (C=O) groups is 1. The zero-order valence-electron chi connectivity index (χ0n) is 18.3. The molecular weight excluding hydrogens is 499 g/mol. The monoisotopic (exact) mass is 519 g/mol. The van der Waals surface area contributed by atoms with Crippen molar-refractivity contribution in [2.75, 3.05) is 22.2 Å².